The van der Waals surface area contributed by atoms with Crippen molar-refractivity contribution in [3.05, 3.63) is 24.5 Å². The number of aromatic nitrogens is 4. The third-order valence-electron chi connectivity index (χ3n) is 7.13. The molecular formula is C25H33F3N4O5. The fourth-order valence-electron chi connectivity index (χ4n) is 4.38. The standard InChI is InChI=1S/C14H20N2O3.C9H12N2O.C2HF3O/c1-13(2,3)19-12(17)16-7-4-11(15-16)18-9-10-8-14(10)5-6-14;1-4-10-11-8(1)12-6-7-5-9(7)2-3-9;3-2(4,5)1-6/h4,7,10H,5-6,8-9H2,1-3H3;1,4,7H,2-3,5-6H2,(H,10,11);1H. The van der Waals surface area contributed by atoms with E-state index >= 15 is 0 Å². The summed E-state index contributed by atoms with van der Waals surface area (Å²) >= 11 is 0. The summed E-state index contributed by atoms with van der Waals surface area (Å²) in [6.07, 6.45) is 5.37. The molecule has 1 N–H and O–H groups in total. The lowest BCUT2D eigenvalue weighted by molar-refractivity contribution is -0.156. The van der Waals surface area contributed by atoms with Gasteiger partial charge in [-0.15, -0.1) is 5.10 Å². The molecule has 2 unspecified atom stereocenters. The lowest BCUT2D eigenvalue weighted by atomic mass is 10.2. The Hall–Kier alpha value is -3.05. The van der Waals surface area contributed by atoms with Crippen molar-refractivity contribution in [3.63, 3.8) is 0 Å². The van der Waals surface area contributed by atoms with Gasteiger partial charge in [0.05, 0.1) is 19.4 Å². The number of aromatic amines is 1. The summed E-state index contributed by atoms with van der Waals surface area (Å²) in [6.45, 7) is 7.07. The van der Waals surface area contributed by atoms with E-state index in [-0.39, 0.29) is 0 Å². The van der Waals surface area contributed by atoms with Crippen LogP contribution in [0.25, 0.3) is 0 Å². The average Bonchev–Trinajstić information content (AvgIpc) is 3.81. The Morgan fingerprint density at radius 3 is 2.08 bits per heavy atom. The molecule has 6 rings (SSSR count). The highest BCUT2D eigenvalue weighted by molar-refractivity contribution is 5.69. The number of nitrogens with one attached hydrogen (secondary N) is 1. The highest BCUT2D eigenvalue weighted by Crippen LogP contribution is 2.71. The van der Waals surface area contributed by atoms with E-state index in [0.717, 1.165) is 23.8 Å². The van der Waals surface area contributed by atoms with Crippen LogP contribution in [0, 0.1) is 22.7 Å². The van der Waals surface area contributed by atoms with Gasteiger partial charge >= 0.3 is 12.3 Å². The largest absolute Gasteiger partial charge is 0.478 e. The van der Waals surface area contributed by atoms with Crippen molar-refractivity contribution < 1.29 is 37.0 Å². The van der Waals surface area contributed by atoms with Crippen LogP contribution in [0.5, 0.6) is 11.8 Å². The Labute approximate surface area is 213 Å². The van der Waals surface area contributed by atoms with Crippen LogP contribution in [0.15, 0.2) is 24.5 Å². The molecule has 0 bridgehead atoms. The Morgan fingerprint density at radius 1 is 1.08 bits per heavy atom. The fourth-order valence-corrected chi connectivity index (χ4v) is 4.38. The number of carbonyl (C=O) groups is 2. The van der Waals surface area contributed by atoms with E-state index in [9.17, 15) is 18.0 Å². The zero-order valence-electron chi connectivity index (χ0n) is 21.2. The molecule has 0 radical (unpaired) electrons. The summed E-state index contributed by atoms with van der Waals surface area (Å²) < 4.78 is 48.8. The van der Waals surface area contributed by atoms with Crippen molar-refractivity contribution in [3.8, 4) is 11.8 Å². The summed E-state index contributed by atoms with van der Waals surface area (Å²) in [5.74, 6) is 2.83. The van der Waals surface area contributed by atoms with Crippen LogP contribution >= 0.6 is 0 Å². The first kappa shape index (κ1) is 27.0. The number of hydrogen-bond donors (Lipinski definition) is 1. The summed E-state index contributed by atoms with van der Waals surface area (Å²) in [6, 6.07) is 3.56. The molecule has 4 saturated carbocycles. The van der Waals surface area contributed by atoms with Gasteiger partial charge < -0.3 is 14.2 Å². The van der Waals surface area contributed by atoms with Gasteiger partial charge in [0.25, 0.3) is 0 Å². The Kier molecular flexibility index (Phi) is 7.31. The molecule has 0 aliphatic heterocycles. The SMILES string of the molecule is CC(C)(C)OC(=O)n1ccc(OCC2CC23CC3)n1.O=CC(F)(F)F.c1cc(OCC2CC23CC3)[nH]n1. The minimum Gasteiger partial charge on any atom is -0.478 e. The van der Waals surface area contributed by atoms with Crippen LogP contribution < -0.4 is 9.47 Å². The van der Waals surface area contributed by atoms with Gasteiger partial charge in [-0.3, -0.25) is 4.79 Å². The Bertz CT molecular complexity index is 1070. The second-order valence-electron chi connectivity index (χ2n) is 11.3. The van der Waals surface area contributed by atoms with E-state index in [1.54, 1.807) is 18.5 Å². The van der Waals surface area contributed by atoms with Crippen molar-refractivity contribution in [2.24, 2.45) is 22.7 Å². The highest BCUT2D eigenvalue weighted by atomic mass is 19.4. The Morgan fingerprint density at radius 2 is 1.65 bits per heavy atom. The third-order valence-corrected chi connectivity index (χ3v) is 7.13. The zero-order chi connectivity index (χ0) is 26.9. The first-order valence-corrected chi connectivity index (χ1v) is 12.4. The molecule has 4 fully saturated rings. The van der Waals surface area contributed by atoms with Crippen LogP contribution in [0.2, 0.25) is 0 Å². The predicted octanol–water partition coefficient (Wildman–Crippen LogP) is 5.18. The molecule has 4 aliphatic carbocycles. The first-order chi connectivity index (χ1) is 17.3. The number of rotatable bonds is 6. The molecule has 2 atom stereocenters. The average molecular weight is 527 g/mol. The van der Waals surface area contributed by atoms with Crippen molar-refractivity contribution >= 4 is 12.4 Å². The molecule has 0 aromatic carbocycles. The van der Waals surface area contributed by atoms with Gasteiger partial charge in [-0.1, -0.05) is 0 Å². The molecule has 0 saturated heterocycles. The lowest BCUT2D eigenvalue weighted by Crippen LogP contribution is -2.27. The van der Waals surface area contributed by atoms with Gasteiger partial charge in [-0.2, -0.15) is 23.0 Å². The zero-order valence-corrected chi connectivity index (χ0v) is 21.2. The van der Waals surface area contributed by atoms with Gasteiger partial charge in [0.2, 0.25) is 18.0 Å². The van der Waals surface area contributed by atoms with Gasteiger partial charge in [0, 0.05) is 18.3 Å². The van der Waals surface area contributed by atoms with Gasteiger partial charge in [-0.25, -0.2) is 9.89 Å². The molecule has 2 aromatic heterocycles. The molecule has 2 spiro atoms. The second-order valence-corrected chi connectivity index (χ2v) is 11.3. The van der Waals surface area contributed by atoms with E-state index in [1.165, 1.54) is 43.2 Å². The van der Waals surface area contributed by atoms with Gasteiger partial charge in [0.15, 0.2) is 0 Å². The van der Waals surface area contributed by atoms with Crippen molar-refractivity contribution in [2.45, 2.75) is 71.1 Å². The van der Waals surface area contributed by atoms with E-state index < -0.39 is 24.2 Å². The van der Waals surface area contributed by atoms with E-state index in [4.69, 9.17) is 19.0 Å². The van der Waals surface area contributed by atoms with Crippen LogP contribution in [0.4, 0.5) is 18.0 Å². The van der Waals surface area contributed by atoms with E-state index in [1.807, 2.05) is 26.8 Å². The number of hydrogen-bond acceptors (Lipinski definition) is 7. The predicted molar refractivity (Wildman–Crippen MR) is 125 cm³/mol. The topological polar surface area (TPSA) is 108 Å². The molecule has 2 heterocycles. The van der Waals surface area contributed by atoms with E-state index in [2.05, 4.69) is 15.3 Å². The fraction of sp³-hybridized carbons (Fsp3) is 0.680. The smallest absolute Gasteiger partial charge is 0.446 e. The van der Waals surface area contributed by atoms with Crippen LogP contribution in [0.1, 0.15) is 59.3 Å². The molecule has 9 nitrogen and oxygen atoms in total. The lowest BCUT2D eigenvalue weighted by Gasteiger charge is -2.18. The number of halogens is 3. The second kappa shape index (κ2) is 10.0. The molecule has 4 aliphatic rings. The van der Waals surface area contributed by atoms with Crippen LogP contribution in [0.3, 0.4) is 0 Å². The molecule has 0 amide bonds. The Balaban J connectivity index is 0.000000151. The molecule has 2 aromatic rings. The molecule has 37 heavy (non-hydrogen) atoms. The van der Waals surface area contributed by atoms with Gasteiger partial charge in [0.1, 0.15) is 5.60 Å². The summed E-state index contributed by atoms with van der Waals surface area (Å²) in [5, 5.41) is 10.7. The number of alkyl halides is 3. The minimum absolute atomic E-state index is 0.479. The normalized spacial score (nSPS) is 23.1. The summed E-state index contributed by atoms with van der Waals surface area (Å²) in [5.41, 5.74) is 0.865. The van der Waals surface area contributed by atoms with Crippen LogP contribution in [-0.2, 0) is 9.53 Å². The third kappa shape index (κ3) is 7.96. The van der Waals surface area contributed by atoms with Crippen molar-refractivity contribution in [1.29, 1.82) is 0 Å². The molecular weight excluding hydrogens is 493 g/mol. The maximum absolute atomic E-state index is 11.8. The van der Waals surface area contributed by atoms with Crippen molar-refractivity contribution in [1.82, 2.24) is 20.0 Å². The molecule has 204 valence electrons. The number of ether oxygens (including phenoxy) is 3. The number of aldehydes is 1. The number of H-pyrrole nitrogens is 1. The van der Waals surface area contributed by atoms with Gasteiger partial charge in [-0.05, 0) is 82.0 Å². The first-order valence-electron chi connectivity index (χ1n) is 12.4. The maximum Gasteiger partial charge on any atom is 0.446 e. The van der Waals surface area contributed by atoms with E-state index in [0.29, 0.717) is 23.8 Å². The highest BCUT2D eigenvalue weighted by Gasteiger charge is 2.63. The summed E-state index contributed by atoms with van der Waals surface area (Å²) in [4.78, 5) is 20.5. The van der Waals surface area contributed by atoms with Crippen molar-refractivity contribution in [2.75, 3.05) is 13.2 Å². The van der Waals surface area contributed by atoms with Crippen LogP contribution in [-0.4, -0.2) is 57.3 Å². The molecule has 12 heteroatoms. The number of carbonyl (C=O) groups excluding carboxylic acids is 2. The summed E-state index contributed by atoms with van der Waals surface area (Å²) in [7, 11) is 0. The quantitative estimate of drug-likeness (QED) is 0.517. The minimum atomic E-state index is -4.64. The maximum atomic E-state index is 11.8. The monoisotopic (exact) mass is 526 g/mol. The number of nitrogens with zero attached hydrogens (tertiary/aromatic N) is 3.